The molecule has 1 aliphatic rings. The topological polar surface area (TPSA) is 97.1 Å². The molecular weight excluding hydrogens is 360 g/mol. The third-order valence-corrected chi connectivity index (χ3v) is 5.75. The van der Waals surface area contributed by atoms with E-state index < -0.39 is 6.04 Å². The van der Waals surface area contributed by atoms with Crippen molar-refractivity contribution in [3.8, 4) is 11.3 Å². The van der Waals surface area contributed by atoms with Gasteiger partial charge in [-0.3, -0.25) is 9.59 Å². The summed E-state index contributed by atoms with van der Waals surface area (Å²) in [6, 6.07) is 5.88. The van der Waals surface area contributed by atoms with E-state index in [1.165, 1.54) is 28.9 Å². The van der Waals surface area contributed by atoms with Gasteiger partial charge in [-0.2, -0.15) is 0 Å². The zero-order chi connectivity index (χ0) is 19.6. The quantitative estimate of drug-likeness (QED) is 0.711. The number of carbonyl (C=O) groups excluding carboxylic acids is 2. The van der Waals surface area contributed by atoms with Gasteiger partial charge in [0.05, 0.1) is 18.3 Å². The van der Waals surface area contributed by atoms with Crippen molar-refractivity contribution in [1.29, 1.82) is 0 Å². The maximum absolute atomic E-state index is 12.1. The standard InChI is InChI=1S/C20H26N4O2S/c1-11(2)17(21)19(26)22-10-16(25)23-20-24-18(12(3)27-20)15-8-7-13-5-4-6-14(13)9-15/h7-9,11,17H,4-6,10,21H2,1-3H3,(H,22,26)(H,23,24,25)/t17-/m0/s1. The Kier molecular flexibility index (Phi) is 5.92. The number of nitrogens with two attached hydrogens (primary N) is 1. The largest absolute Gasteiger partial charge is 0.346 e. The number of anilines is 1. The second-order valence-electron chi connectivity index (χ2n) is 7.30. The van der Waals surface area contributed by atoms with E-state index in [-0.39, 0.29) is 24.3 Å². The molecule has 1 heterocycles. The van der Waals surface area contributed by atoms with Crippen LogP contribution in [0, 0.1) is 12.8 Å². The Labute approximate surface area is 163 Å². The first-order chi connectivity index (χ1) is 12.8. The molecular formula is C20H26N4O2S. The van der Waals surface area contributed by atoms with Gasteiger partial charge in [0.25, 0.3) is 0 Å². The normalized spacial score (nSPS) is 14.1. The Bertz CT molecular complexity index is 860. The van der Waals surface area contributed by atoms with Crippen LogP contribution >= 0.6 is 11.3 Å². The first-order valence-corrected chi connectivity index (χ1v) is 10.1. The molecule has 3 rings (SSSR count). The van der Waals surface area contributed by atoms with E-state index in [1.807, 2.05) is 20.8 Å². The number of benzene rings is 1. The molecule has 1 aromatic carbocycles. The molecule has 2 aromatic rings. The summed E-state index contributed by atoms with van der Waals surface area (Å²) in [6.45, 7) is 5.61. The molecule has 1 aromatic heterocycles. The van der Waals surface area contributed by atoms with Crippen LogP contribution in [0.4, 0.5) is 5.13 Å². The van der Waals surface area contributed by atoms with Crippen LogP contribution in [0.15, 0.2) is 18.2 Å². The van der Waals surface area contributed by atoms with Crippen LogP contribution in [-0.4, -0.2) is 29.4 Å². The lowest BCUT2D eigenvalue weighted by Gasteiger charge is -2.14. The van der Waals surface area contributed by atoms with Gasteiger partial charge in [-0.05, 0) is 49.3 Å². The molecule has 144 valence electrons. The van der Waals surface area contributed by atoms with Crippen LogP contribution in [0.25, 0.3) is 11.3 Å². The number of fused-ring (bicyclic) bond motifs is 1. The second kappa shape index (κ2) is 8.19. The van der Waals surface area contributed by atoms with Gasteiger partial charge in [0, 0.05) is 10.4 Å². The number of aromatic nitrogens is 1. The van der Waals surface area contributed by atoms with Crippen molar-refractivity contribution in [3.63, 3.8) is 0 Å². The minimum Gasteiger partial charge on any atom is -0.346 e. The van der Waals surface area contributed by atoms with Gasteiger partial charge in [-0.25, -0.2) is 4.98 Å². The van der Waals surface area contributed by atoms with E-state index in [2.05, 4.69) is 33.8 Å². The van der Waals surface area contributed by atoms with Crippen molar-refractivity contribution >= 4 is 28.3 Å². The summed E-state index contributed by atoms with van der Waals surface area (Å²) in [7, 11) is 0. The number of hydrogen-bond donors (Lipinski definition) is 3. The minimum absolute atomic E-state index is 0.0181. The van der Waals surface area contributed by atoms with E-state index >= 15 is 0 Å². The molecule has 0 spiro atoms. The average Bonchev–Trinajstić information content (AvgIpc) is 3.24. The van der Waals surface area contributed by atoms with E-state index in [9.17, 15) is 9.59 Å². The summed E-state index contributed by atoms with van der Waals surface area (Å²) in [5.41, 5.74) is 10.6. The van der Waals surface area contributed by atoms with Gasteiger partial charge in [0.15, 0.2) is 5.13 Å². The molecule has 6 nitrogen and oxygen atoms in total. The number of nitrogens with zero attached hydrogens (tertiary/aromatic N) is 1. The number of carbonyl (C=O) groups is 2. The van der Waals surface area contributed by atoms with Gasteiger partial charge in [0.2, 0.25) is 11.8 Å². The Morgan fingerprint density at radius 3 is 2.74 bits per heavy atom. The summed E-state index contributed by atoms with van der Waals surface area (Å²) < 4.78 is 0. The highest BCUT2D eigenvalue weighted by Crippen LogP contribution is 2.33. The molecule has 0 unspecified atom stereocenters. The number of nitrogens with one attached hydrogen (secondary N) is 2. The van der Waals surface area contributed by atoms with E-state index in [4.69, 9.17) is 5.73 Å². The van der Waals surface area contributed by atoms with Crippen molar-refractivity contribution in [1.82, 2.24) is 10.3 Å². The fourth-order valence-corrected chi connectivity index (χ4v) is 4.04. The van der Waals surface area contributed by atoms with Gasteiger partial charge in [-0.1, -0.05) is 26.0 Å². The van der Waals surface area contributed by atoms with Gasteiger partial charge in [0.1, 0.15) is 0 Å². The molecule has 0 saturated carbocycles. The van der Waals surface area contributed by atoms with Crippen LogP contribution in [0.1, 0.15) is 36.3 Å². The van der Waals surface area contributed by atoms with Crippen molar-refractivity contribution in [2.24, 2.45) is 11.7 Å². The summed E-state index contributed by atoms with van der Waals surface area (Å²) >= 11 is 1.44. The fraction of sp³-hybridized carbons (Fsp3) is 0.450. The maximum Gasteiger partial charge on any atom is 0.245 e. The molecule has 0 radical (unpaired) electrons. The molecule has 0 saturated heterocycles. The van der Waals surface area contributed by atoms with Gasteiger partial charge >= 0.3 is 0 Å². The summed E-state index contributed by atoms with van der Waals surface area (Å²) in [6.07, 6.45) is 3.48. The van der Waals surface area contributed by atoms with Crippen molar-refractivity contribution < 1.29 is 9.59 Å². The monoisotopic (exact) mass is 386 g/mol. The average molecular weight is 387 g/mol. The van der Waals surface area contributed by atoms with Gasteiger partial charge in [-0.15, -0.1) is 11.3 Å². The van der Waals surface area contributed by atoms with Crippen LogP contribution in [0.3, 0.4) is 0 Å². The van der Waals surface area contributed by atoms with Crippen molar-refractivity contribution in [2.75, 3.05) is 11.9 Å². The Morgan fingerprint density at radius 1 is 1.26 bits per heavy atom. The second-order valence-corrected chi connectivity index (χ2v) is 8.50. The lowest BCUT2D eigenvalue weighted by atomic mass is 10.0. The lowest BCUT2D eigenvalue weighted by Crippen LogP contribution is -2.46. The predicted molar refractivity (Wildman–Crippen MR) is 109 cm³/mol. The molecule has 7 heteroatoms. The molecule has 0 fully saturated rings. The number of thiazole rings is 1. The Hall–Kier alpha value is -2.25. The third-order valence-electron chi connectivity index (χ3n) is 4.86. The molecule has 27 heavy (non-hydrogen) atoms. The highest BCUT2D eigenvalue weighted by molar-refractivity contribution is 7.16. The number of aryl methyl sites for hydroxylation is 3. The van der Waals surface area contributed by atoms with Crippen LogP contribution < -0.4 is 16.4 Å². The minimum atomic E-state index is -0.619. The van der Waals surface area contributed by atoms with Crippen LogP contribution in [0.2, 0.25) is 0 Å². The predicted octanol–water partition coefficient (Wildman–Crippen LogP) is 2.65. The number of rotatable bonds is 6. The molecule has 2 amide bonds. The highest BCUT2D eigenvalue weighted by atomic mass is 32.1. The zero-order valence-corrected chi connectivity index (χ0v) is 16.8. The number of amides is 2. The first-order valence-electron chi connectivity index (χ1n) is 9.28. The lowest BCUT2D eigenvalue weighted by molar-refractivity contribution is -0.125. The zero-order valence-electron chi connectivity index (χ0n) is 16.0. The molecule has 0 bridgehead atoms. The van der Waals surface area contributed by atoms with Gasteiger partial charge < -0.3 is 16.4 Å². The van der Waals surface area contributed by atoms with E-state index in [0.29, 0.717) is 5.13 Å². The summed E-state index contributed by atoms with van der Waals surface area (Å²) in [5.74, 6) is -0.618. The molecule has 4 N–H and O–H groups in total. The van der Waals surface area contributed by atoms with E-state index in [0.717, 1.165) is 29.0 Å². The number of hydrogen-bond acceptors (Lipinski definition) is 5. The van der Waals surface area contributed by atoms with Crippen molar-refractivity contribution in [2.45, 2.75) is 46.1 Å². The Balaban J connectivity index is 1.63. The van der Waals surface area contributed by atoms with Crippen molar-refractivity contribution in [3.05, 3.63) is 34.2 Å². The fourth-order valence-electron chi connectivity index (χ4n) is 3.19. The first kappa shape index (κ1) is 19.5. The van der Waals surface area contributed by atoms with Crippen LogP contribution in [-0.2, 0) is 22.4 Å². The summed E-state index contributed by atoms with van der Waals surface area (Å²) in [5, 5.41) is 5.87. The summed E-state index contributed by atoms with van der Waals surface area (Å²) in [4.78, 5) is 29.6. The third kappa shape index (κ3) is 4.54. The van der Waals surface area contributed by atoms with Crippen LogP contribution in [0.5, 0.6) is 0 Å². The smallest absolute Gasteiger partial charge is 0.245 e. The molecule has 1 atom stereocenters. The molecule has 1 aliphatic carbocycles. The highest BCUT2D eigenvalue weighted by Gasteiger charge is 2.19. The molecule has 0 aliphatic heterocycles. The SMILES string of the molecule is Cc1sc(NC(=O)CNC(=O)[C@@H](N)C(C)C)nc1-c1ccc2c(c1)CCC2. The van der Waals surface area contributed by atoms with E-state index in [1.54, 1.807) is 0 Å². The maximum atomic E-state index is 12.1. The Morgan fingerprint density at radius 2 is 2.00 bits per heavy atom.